The van der Waals surface area contributed by atoms with Crippen molar-refractivity contribution in [3.8, 4) is 0 Å². The second kappa shape index (κ2) is 14.4. The lowest BCUT2D eigenvalue weighted by Gasteiger charge is -2.13. The van der Waals surface area contributed by atoms with Crippen molar-refractivity contribution in [2.45, 2.75) is 38.8 Å². The van der Waals surface area contributed by atoms with Crippen molar-refractivity contribution in [2.24, 2.45) is 10.3 Å². The minimum absolute atomic E-state index is 0.0510. The topological polar surface area (TPSA) is 188 Å². The molecule has 24 heavy (non-hydrogen) atoms. The van der Waals surface area contributed by atoms with E-state index in [-0.39, 0.29) is 12.8 Å². The lowest BCUT2D eigenvalue weighted by atomic mass is 10.1. The summed E-state index contributed by atoms with van der Waals surface area (Å²) in [4.78, 5) is 52.4. The Morgan fingerprint density at radius 2 is 1.83 bits per heavy atom. The third-order valence-corrected chi connectivity index (χ3v) is 2.73. The number of nitrogens with one attached hydrogen (secondary N) is 2. The number of amides is 2. The van der Waals surface area contributed by atoms with Gasteiger partial charge in [-0.15, -0.1) is 4.91 Å². The molecule has 0 bridgehead atoms. The second-order valence-electron chi connectivity index (χ2n) is 4.38. The fraction of sp³-hybridized carbons (Fsp3) is 0.667. The highest BCUT2D eigenvalue weighted by molar-refractivity contribution is 7.97. The highest BCUT2D eigenvalue weighted by Crippen LogP contribution is 1.96. The summed E-state index contributed by atoms with van der Waals surface area (Å²) >= 11 is 1.03. The van der Waals surface area contributed by atoms with E-state index in [4.69, 9.17) is 20.9 Å². The van der Waals surface area contributed by atoms with Gasteiger partial charge in [0.2, 0.25) is 11.8 Å². The Labute approximate surface area is 142 Å². The summed E-state index contributed by atoms with van der Waals surface area (Å²) in [6.45, 7) is 2.72. The number of carboxylic acids is 2. The quantitative estimate of drug-likeness (QED) is 0.246. The highest BCUT2D eigenvalue weighted by atomic mass is 32.2. The Morgan fingerprint density at radius 3 is 2.21 bits per heavy atom. The molecular weight excluding hydrogens is 344 g/mol. The zero-order valence-corrected chi connectivity index (χ0v) is 14.2. The summed E-state index contributed by atoms with van der Waals surface area (Å²) in [5.74, 6) is -2.80. The van der Waals surface area contributed by atoms with Gasteiger partial charge in [0.15, 0.2) is 0 Å². The molecule has 0 fully saturated rings. The molecule has 0 saturated carbocycles. The van der Waals surface area contributed by atoms with Gasteiger partial charge in [0.1, 0.15) is 18.6 Å². The second-order valence-corrected chi connectivity index (χ2v) is 5.36. The normalized spacial score (nSPS) is 12.0. The van der Waals surface area contributed by atoms with Crippen LogP contribution in [0.25, 0.3) is 0 Å². The zero-order valence-electron chi connectivity index (χ0n) is 13.4. The molecule has 0 aliphatic carbocycles. The van der Waals surface area contributed by atoms with Gasteiger partial charge < -0.3 is 26.6 Å². The molecule has 2 amide bonds. The molecule has 0 heterocycles. The smallest absolute Gasteiger partial charge is 0.322 e. The van der Waals surface area contributed by atoms with E-state index in [9.17, 15) is 19.2 Å². The minimum atomic E-state index is -1.21. The first-order chi connectivity index (χ1) is 11.1. The van der Waals surface area contributed by atoms with Crippen LogP contribution in [0.2, 0.25) is 0 Å². The van der Waals surface area contributed by atoms with Crippen LogP contribution in [0.15, 0.2) is 4.58 Å². The van der Waals surface area contributed by atoms with E-state index in [2.05, 4.69) is 15.2 Å². The Bertz CT molecular complexity index is 447. The molecule has 6 N–H and O–H groups in total. The largest absolute Gasteiger partial charge is 0.480 e. The van der Waals surface area contributed by atoms with Gasteiger partial charge in [-0.25, -0.2) is 0 Å². The highest BCUT2D eigenvalue weighted by Gasteiger charge is 2.18. The van der Waals surface area contributed by atoms with Crippen molar-refractivity contribution in [1.29, 1.82) is 0 Å². The van der Waals surface area contributed by atoms with Gasteiger partial charge in [-0.2, -0.15) is 0 Å². The van der Waals surface area contributed by atoms with Crippen LogP contribution < -0.4 is 16.4 Å². The predicted octanol–water partition coefficient (Wildman–Crippen LogP) is -0.695. The first-order valence-electron chi connectivity index (χ1n) is 6.87. The molecule has 0 aromatic carbocycles. The van der Waals surface area contributed by atoms with Gasteiger partial charge in [-0.3, -0.25) is 19.2 Å². The van der Waals surface area contributed by atoms with Gasteiger partial charge in [0, 0.05) is 28.7 Å². The van der Waals surface area contributed by atoms with Crippen LogP contribution in [-0.2, 0) is 19.2 Å². The first kappa shape index (κ1) is 24.0. The molecule has 0 radical (unpaired) electrons. The van der Waals surface area contributed by atoms with Crippen molar-refractivity contribution in [2.75, 3.05) is 12.3 Å². The van der Waals surface area contributed by atoms with E-state index >= 15 is 0 Å². The maximum absolute atomic E-state index is 11.4. The summed E-state index contributed by atoms with van der Waals surface area (Å²) in [6, 6.07) is -2.05. The summed E-state index contributed by atoms with van der Waals surface area (Å²) in [5.41, 5.74) is 5.21. The van der Waals surface area contributed by atoms with Gasteiger partial charge in [-0.05, 0) is 13.3 Å². The molecule has 0 aromatic rings. The number of carbonyl (C=O) groups is 4. The zero-order chi connectivity index (χ0) is 19.1. The Balaban J connectivity index is 0. The van der Waals surface area contributed by atoms with E-state index in [0.29, 0.717) is 0 Å². The van der Waals surface area contributed by atoms with Crippen LogP contribution in [0, 0.1) is 4.91 Å². The summed E-state index contributed by atoms with van der Waals surface area (Å²) in [5, 5.41) is 21.3. The molecule has 0 aromatic heterocycles. The van der Waals surface area contributed by atoms with Crippen molar-refractivity contribution in [3.05, 3.63) is 4.91 Å². The van der Waals surface area contributed by atoms with Crippen molar-refractivity contribution in [3.63, 3.8) is 0 Å². The lowest BCUT2D eigenvalue weighted by Crippen LogP contribution is -2.46. The average Bonchev–Trinajstić information content (AvgIpc) is 2.51. The molecule has 0 saturated heterocycles. The number of rotatable bonds is 10. The summed E-state index contributed by atoms with van der Waals surface area (Å²) < 4.78 is 2.52. The fourth-order valence-corrected chi connectivity index (χ4v) is 1.26. The maximum atomic E-state index is 11.4. The van der Waals surface area contributed by atoms with Crippen LogP contribution in [0.5, 0.6) is 0 Å². The van der Waals surface area contributed by atoms with Crippen LogP contribution in [0.4, 0.5) is 0 Å². The number of carboxylic acid groups (broad SMARTS) is 2. The molecule has 138 valence electrons. The molecule has 2 atom stereocenters. The van der Waals surface area contributed by atoms with E-state index in [1.165, 1.54) is 6.92 Å². The lowest BCUT2D eigenvalue weighted by molar-refractivity contribution is -0.139. The van der Waals surface area contributed by atoms with Gasteiger partial charge in [0.05, 0.1) is 0 Å². The van der Waals surface area contributed by atoms with Crippen LogP contribution in [0.1, 0.15) is 26.7 Å². The molecular formula is C12H22N4O7S. The Kier molecular flexibility index (Phi) is 14.4. The first-order valence-corrected chi connectivity index (χ1v) is 7.81. The molecule has 12 heteroatoms. The third kappa shape index (κ3) is 14.7. The number of aliphatic carboxylic acids is 2. The molecule has 0 aliphatic rings. The molecule has 0 aliphatic heterocycles. The Morgan fingerprint density at radius 1 is 1.25 bits per heavy atom. The third-order valence-electron chi connectivity index (χ3n) is 2.37. The number of nitrogens with zero attached hydrogens (tertiary/aromatic N) is 1. The van der Waals surface area contributed by atoms with Crippen LogP contribution in [0.3, 0.4) is 0 Å². The minimum Gasteiger partial charge on any atom is -0.480 e. The number of carbonyl (C=O) groups excluding carboxylic acids is 2. The van der Waals surface area contributed by atoms with Gasteiger partial charge in [0.25, 0.3) is 0 Å². The van der Waals surface area contributed by atoms with E-state index < -0.39 is 42.4 Å². The summed E-state index contributed by atoms with van der Waals surface area (Å²) in [6.07, 6.45) is -0.186. The standard InChI is InChI=1S/C10H17N3O6.C2H5NOS/c1-5(9(17)12-4-8(15)16)13-7(14)3-2-6(11)10(18)19;1-2-5-3-4/h5-6H,2-4,11H2,1H3,(H,12,17)(H,13,14)(H,15,16)(H,18,19);2H2,1H3/t5?,6-;/m0./s1. The maximum Gasteiger partial charge on any atom is 0.322 e. The SMILES string of the molecule is CC(NC(=O)CC[C@H](N)C(=O)O)C(=O)NCC(=O)O.CCSN=O. The fourth-order valence-electron chi connectivity index (χ4n) is 1.16. The van der Waals surface area contributed by atoms with Crippen molar-refractivity contribution in [1.82, 2.24) is 10.6 Å². The van der Waals surface area contributed by atoms with Crippen LogP contribution >= 0.6 is 11.9 Å². The molecule has 1 unspecified atom stereocenters. The van der Waals surface area contributed by atoms with E-state index in [1.807, 2.05) is 6.92 Å². The summed E-state index contributed by atoms with van der Waals surface area (Å²) in [7, 11) is 0. The number of hydrogen-bond acceptors (Lipinski definition) is 8. The van der Waals surface area contributed by atoms with Crippen molar-refractivity contribution >= 4 is 35.7 Å². The number of nitroso groups, excluding NO2 is 1. The van der Waals surface area contributed by atoms with Gasteiger partial charge in [-0.1, -0.05) is 6.92 Å². The van der Waals surface area contributed by atoms with E-state index in [0.717, 1.165) is 17.7 Å². The predicted molar refractivity (Wildman–Crippen MR) is 87.0 cm³/mol. The number of nitrogens with two attached hydrogens (primary N) is 1. The molecule has 0 spiro atoms. The van der Waals surface area contributed by atoms with Crippen molar-refractivity contribution < 1.29 is 29.4 Å². The monoisotopic (exact) mass is 366 g/mol. The van der Waals surface area contributed by atoms with Crippen LogP contribution in [-0.4, -0.2) is 58.3 Å². The van der Waals surface area contributed by atoms with Gasteiger partial charge >= 0.3 is 11.9 Å². The average molecular weight is 366 g/mol. The molecule has 0 rings (SSSR count). The number of hydrogen-bond donors (Lipinski definition) is 5. The Hall–Kier alpha value is -2.21. The van der Waals surface area contributed by atoms with E-state index in [1.54, 1.807) is 0 Å². The molecule has 11 nitrogen and oxygen atoms in total.